The summed E-state index contributed by atoms with van der Waals surface area (Å²) >= 11 is 0. The standard InChI is InChI=1S/C18H30N2O/c1-5-16(19)11-15-10-13(2)6-7-17(15)20-9-8-14(3)18(12-20)21-4/h6-7,10,14,16,18H,5,8-9,11-12,19H2,1-4H3. The van der Waals surface area contributed by atoms with Crippen LogP contribution in [0.3, 0.4) is 0 Å². The van der Waals surface area contributed by atoms with Crippen molar-refractivity contribution in [2.24, 2.45) is 11.7 Å². The Morgan fingerprint density at radius 3 is 2.86 bits per heavy atom. The van der Waals surface area contributed by atoms with Crippen molar-refractivity contribution in [1.29, 1.82) is 0 Å². The normalized spacial score (nSPS) is 24.1. The van der Waals surface area contributed by atoms with Crippen LogP contribution in [0.5, 0.6) is 0 Å². The zero-order chi connectivity index (χ0) is 15.4. The summed E-state index contributed by atoms with van der Waals surface area (Å²) in [5.74, 6) is 0.637. The van der Waals surface area contributed by atoms with Crippen LogP contribution in [-0.4, -0.2) is 32.3 Å². The van der Waals surface area contributed by atoms with E-state index in [-0.39, 0.29) is 6.04 Å². The number of nitrogens with zero attached hydrogens (tertiary/aromatic N) is 1. The van der Waals surface area contributed by atoms with Crippen molar-refractivity contribution in [3.63, 3.8) is 0 Å². The largest absolute Gasteiger partial charge is 0.379 e. The molecular weight excluding hydrogens is 260 g/mol. The maximum Gasteiger partial charge on any atom is 0.0772 e. The first-order valence-corrected chi connectivity index (χ1v) is 8.18. The van der Waals surface area contributed by atoms with Crippen LogP contribution in [0.25, 0.3) is 0 Å². The predicted octanol–water partition coefficient (Wildman–Crippen LogP) is 3.14. The lowest BCUT2D eigenvalue weighted by atomic mass is 9.93. The molecule has 0 amide bonds. The van der Waals surface area contributed by atoms with E-state index in [1.54, 1.807) is 0 Å². The Morgan fingerprint density at radius 1 is 1.43 bits per heavy atom. The summed E-state index contributed by atoms with van der Waals surface area (Å²) in [4.78, 5) is 2.48. The van der Waals surface area contributed by atoms with Gasteiger partial charge in [0.05, 0.1) is 6.10 Å². The van der Waals surface area contributed by atoms with Gasteiger partial charge in [-0.3, -0.25) is 0 Å². The molecule has 3 atom stereocenters. The molecule has 118 valence electrons. The second kappa shape index (κ2) is 7.28. The molecule has 0 aliphatic carbocycles. The van der Waals surface area contributed by atoms with Gasteiger partial charge in [-0.2, -0.15) is 0 Å². The smallest absolute Gasteiger partial charge is 0.0772 e. The summed E-state index contributed by atoms with van der Waals surface area (Å²) < 4.78 is 5.65. The second-order valence-corrected chi connectivity index (χ2v) is 6.49. The van der Waals surface area contributed by atoms with E-state index < -0.39 is 0 Å². The molecule has 0 bridgehead atoms. The SMILES string of the molecule is CCC(N)Cc1cc(C)ccc1N1CCC(C)C(OC)C1. The number of methoxy groups -OCH3 is 1. The van der Waals surface area contributed by atoms with Gasteiger partial charge in [0.15, 0.2) is 0 Å². The number of hydrogen-bond donors (Lipinski definition) is 1. The van der Waals surface area contributed by atoms with Crippen LogP contribution in [0.2, 0.25) is 0 Å². The molecule has 0 aromatic heterocycles. The topological polar surface area (TPSA) is 38.5 Å². The lowest BCUT2D eigenvalue weighted by molar-refractivity contribution is 0.0498. The quantitative estimate of drug-likeness (QED) is 0.905. The molecule has 1 heterocycles. The van der Waals surface area contributed by atoms with E-state index in [0.29, 0.717) is 12.0 Å². The summed E-state index contributed by atoms with van der Waals surface area (Å²) in [6.07, 6.45) is 3.49. The molecule has 1 saturated heterocycles. The van der Waals surface area contributed by atoms with Crippen LogP contribution < -0.4 is 10.6 Å². The van der Waals surface area contributed by atoms with Crippen LogP contribution in [0.4, 0.5) is 5.69 Å². The molecule has 1 aromatic rings. The third-order valence-electron chi connectivity index (χ3n) is 4.77. The molecule has 1 aliphatic heterocycles. The van der Waals surface area contributed by atoms with E-state index in [2.05, 4.69) is 43.9 Å². The first-order valence-electron chi connectivity index (χ1n) is 8.18. The Kier molecular flexibility index (Phi) is 5.65. The van der Waals surface area contributed by atoms with Gasteiger partial charge in [-0.1, -0.05) is 31.5 Å². The van der Waals surface area contributed by atoms with Crippen molar-refractivity contribution >= 4 is 5.69 Å². The van der Waals surface area contributed by atoms with Crippen LogP contribution >= 0.6 is 0 Å². The molecule has 0 spiro atoms. The molecule has 1 aliphatic rings. The van der Waals surface area contributed by atoms with E-state index in [9.17, 15) is 0 Å². The third-order valence-corrected chi connectivity index (χ3v) is 4.77. The molecule has 2 N–H and O–H groups in total. The highest BCUT2D eigenvalue weighted by atomic mass is 16.5. The summed E-state index contributed by atoms with van der Waals surface area (Å²) in [7, 11) is 1.83. The van der Waals surface area contributed by atoms with Crippen molar-refractivity contribution in [3.8, 4) is 0 Å². The van der Waals surface area contributed by atoms with Gasteiger partial charge in [0.25, 0.3) is 0 Å². The van der Waals surface area contributed by atoms with Gasteiger partial charge in [0.2, 0.25) is 0 Å². The van der Waals surface area contributed by atoms with E-state index in [1.165, 1.54) is 23.2 Å². The van der Waals surface area contributed by atoms with Gasteiger partial charge in [-0.15, -0.1) is 0 Å². The Hall–Kier alpha value is -1.06. The van der Waals surface area contributed by atoms with Crippen molar-refractivity contribution in [2.75, 3.05) is 25.1 Å². The highest BCUT2D eigenvalue weighted by Crippen LogP contribution is 2.29. The van der Waals surface area contributed by atoms with E-state index in [1.807, 2.05) is 7.11 Å². The Labute approximate surface area is 129 Å². The van der Waals surface area contributed by atoms with Gasteiger partial charge < -0.3 is 15.4 Å². The molecule has 1 fully saturated rings. The van der Waals surface area contributed by atoms with Crippen molar-refractivity contribution in [3.05, 3.63) is 29.3 Å². The molecule has 0 radical (unpaired) electrons. The first-order chi connectivity index (χ1) is 10.0. The fraction of sp³-hybridized carbons (Fsp3) is 0.667. The minimum Gasteiger partial charge on any atom is -0.379 e. The maximum atomic E-state index is 6.19. The van der Waals surface area contributed by atoms with Gasteiger partial charge in [-0.25, -0.2) is 0 Å². The van der Waals surface area contributed by atoms with E-state index in [0.717, 1.165) is 25.9 Å². The van der Waals surface area contributed by atoms with Crippen molar-refractivity contribution < 1.29 is 4.74 Å². The number of nitrogens with two attached hydrogens (primary N) is 1. The second-order valence-electron chi connectivity index (χ2n) is 6.49. The Morgan fingerprint density at radius 2 is 2.19 bits per heavy atom. The van der Waals surface area contributed by atoms with Gasteiger partial charge in [0, 0.05) is 31.9 Å². The number of ether oxygens (including phenoxy) is 1. The van der Waals surface area contributed by atoms with Crippen LogP contribution in [0.15, 0.2) is 18.2 Å². The van der Waals surface area contributed by atoms with E-state index >= 15 is 0 Å². The maximum absolute atomic E-state index is 6.19. The molecule has 3 unspecified atom stereocenters. The summed E-state index contributed by atoms with van der Waals surface area (Å²) in [5, 5.41) is 0. The van der Waals surface area contributed by atoms with Gasteiger partial charge >= 0.3 is 0 Å². The molecule has 21 heavy (non-hydrogen) atoms. The van der Waals surface area contributed by atoms with Crippen molar-refractivity contribution in [1.82, 2.24) is 0 Å². The summed E-state index contributed by atoms with van der Waals surface area (Å²) in [6.45, 7) is 8.69. The van der Waals surface area contributed by atoms with Crippen LogP contribution in [0, 0.1) is 12.8 Å². The Bertz CT molecular complexity index is 461. The third kappa shape index (κ3) is 3.98. The number of anilines is 1. The number of benzene rings is 1. The van der Waals surface area contributed by atoms with Gasteiger partial charge in [0.1, 0.15) is 0 Å². The minimum atomic E-state index is 0.243. The Balaban J connectivity index is 2.22. The number of rotatable bonds is 5. The highest BCUT2D eigenvalue weighted by Gasteiger charge is 2.27. The van der Waals surface area contributed by atoms with E-state index in [4.69, 9.17) is 10.5 Å². The minimum absolute atomic E-state index is 0.243. The molecule has 3 heteroatoms. The van der Waals surface area contributed by atoms with Gasteiger partial charge in [-0.05, 0) is 43.7 Å². The number of hydrogen-bond acceptors (Lipinski definition) is 3. The van der Waals surface area contributed by atoms with Crippen LogP contribution in [0.1, 0.15) is 37.8 Å². The van der Waals surface area contributed by atoms with Crippen LogP contribution in [-0.2, 0) is 11.2 Å². The summed E-state index contributed by atoms with van der Waals surface area (Å²) in [6, 6.07) is 7.00. The molecule has 1 aromatic carbocycles. The number of aryl methyl sites for hydroxylation is 1. The van der Waals surface area contributed by atoms with Crippen molar-refractivity contribution in [2.45, 2.75) is 52.2 Å². The highest BCUT2D eigenvalue weighted by molar-refractivity contribution is 5.56. The zero-order valence-corrected chi connectivity index (χ0v) is 13.9. The lowest BCUT2D eigenvalue weighted by Crippen LogP contribution is -2.44. The number of piperidine rings is 1. The summed E-state index contributed by atoms with van der Waals surface area (Å²) in [5.41, 5.74) is 10.2. The lowest BCUT2D eigenvalue weighted by Gasteiger charge is -2.38. The molecule has 2 rings (SSSR count). The monoisotopic (exact) mass is 290 g/mol. The molecule has 3 nitrogen and oxygen atoms in total. The predicted molar refractivity (Wildman–Crippen MR) is 89.9 cm³/mol. The zero-order valence-electron chi connectivity index (χ0n) is 13.9. The average Bonchev–Trinajstić information content (AvgIpc) is 2.48. The fourth-order valence-corrected chi connectivity index (χ4v) is 3.17. The average molecular weight is 290 g/mol. The molecule has 0 saturated carbocycles. The fourth-order valence-electron chi connectivity index (χ4n) is 3.17. The first kappa shape index (κ1) is 16.3. The molecular formula is C18H30N2O.